The number of benzene rings is 1. The van der Waals surface area contributed by atoms with E-state index >= 15 is 0 Å². The molecule has 21 heavy (non-hydrogen) atoms. The van der Waals surface area contributed by atoms with Gasteiger partial charge in [-0.05, 0) is 30.3 Å². The highest BCUT2D eigenvalue weighted by Crippen LogP contribution is 2.34. The lowest BCUT2D eigenvalue weighted by Crippen LogP contribution is -2.14. The molecular weight excluding hydrogens is 323 g/mol. The molecule has 0 saturated carbocycles. The first kappa shape index (κ1) is 15.6. The van der Waals surface area contributed by atoms with E-state index in [-0.39, 0.29) is 5.69 Å². The number of hydrogen-bond donors (Lipinski definition) is 1. The number of halogens is 4. The molecule has 110 valence electrons. The molecule has 0 spiro atoms. The van der Waals surface area contributed by atoms with Gasteiger partial charge in [-0.2, -0.15) is 13.2 Å². The van der Waals surface area contributed by atoms with E-state index in [1.54, 1.807) is 12.1 Å². The summed E-state index contributed by atoms with van der Waals surface area (Å²) < 4.78 is 38.9. The minimum atomic E-state index is -4.52. The van der Waals surface area contributed by atoms with E-state index in [9.17, 15) is 18.0 Å². The second kappa shape index (κ2) is 6.32. The van der Waals surface area contributed by atoms with E-state index in [0.29, 0.717) is 4.34 Å². The maximum absolute atomic E-state index is 12.8. The molecule has 1 N–H and O–H groups in total. The van der Waals surface area contributed by atoms with Crippen molar-refractivity contribution in [2.45, 2.75) is 6.18 Å². The predicted octanol–water partition coefficient (Wildman–Crippen LogP) is 5.07. The quantitative estimate of drug-likeness (QED) is 0.781. The van der Waals surface area contributed by atoms with Crippen molar-refractivity contribution in [3.05, 3.63) is 57.3 Å². The zero-order chi connectivity index (χ0) is 15.5. The van der Waals surface area contributed by atoms with Gasteiger partial charge < -0.3 is 5.32 Å². The molecule has 0 unspecified atom stereocenters. The Kier molecular flexibility index (Phi) is 4.69. The highest BCUT2D eigenvalue weighted by Gasteiger charge is 2.33. The van der Waals surface area contributed by atoms with Gasteiger partial charge >= 0.3 is 6.18 Å². The summed E-state index contributed by atoms with van der Waals surface area (Å²) >= 11 is 7.00. The van der Waals surface area contributed by atoms with Crippen LogP contribution in [0.2, 0.25) is 4.34 Å². The largest absolute Gasteiger partial charge is 0.418 e. The van der Waals surface area contributed by atoms with Crippen LogP contribution < -0.4 is 5.32 Å². The van der Waals surface area contributed by atoms with Crippen LogP contribution in [-0.4, -0.2) is 5.91 Å². The number of carbonyl (C=O) groups excluding carboxylic acids is 1. The van der Waals surface area contributed by atoms with Crippen LogP contribution in [0, 0.1) is 0 Å². The summed E-state index contributed by atoms with van der Waals surface area (Å²) in [5, 5.41) is 2.22. The van der Waals surface area contributed by atoms with E-state index in [4.69, 9.17) is 11.6 Å². The summed E-state index contributed by atoms with van der Waals surface area (Å²) in [4.78, 5) is 12.4. The molecule has 1 aromatic carbocycles. The zero-order valence-electron chi connectivity index (χ0n) is 10.4. The molecule has 0 aliphatic carbocycles. The van der Waals surface area contributed by atoms with Crippen molar-refractivity contribution in [2.24, 2.45) is 0 Å². The third kappa shape index (κ3) is 4.34. The Balaban J connectivity index is 2.12. The van der Waals surface area contributed by atoms with Gasteiger partial charge in [-0.1, -0.05) is 23.7 Å². The van der Waals surface area contributed by atoms with Crippen molar-refractivity contribution in [3.63, 3.8) is 0 Å². The lowest BCUT2D eigenvalue weighted by Gasteiger charge is -2.12. The van der Waals surface area contributed by atoms with E-state index in [1.807, 2.05) is 0 Å². The number of para-hydroxylation sites is 1. The number of thiophene rings is 1. The van der Waals surface area contributed by atoms with Gasteiger partial charge in [0.15, 0.2) is 0 Å². The molecular formula is C14H9ClF3NOS. The summed E-state index contributed by atoms with van der Waals surface area (Å²) in [7, 11) is 0. The van der Waals surface area contributed by atoms with Crippen molar-refractivity contribution in [1.82, 2.24) is 0 Å². The van der Waals surface area contributed by atoms with Crippen LogP contribution in [0.15, 0.2) is 42.5 Å². The fourth-order valence-electron chi connectivity index (χ4n) is 1.59. The normalized spacial score (nSPS) is 11.8. The molecule has 0 atom stereocenters. The topological polar surface area (TPSA) is 29.1 Å². The maximum atomic E-state index is 12.8. The highest BCUT2D eigenvalue weighted by atomic mass is 35.5. The van der Waals surface area contributed by atoms with Gasteiger partial charge in [0.2, 0.25) is 5.91 Å². The van der Waals surface area contributed by atoms with Crippen LogP contribution in [0.25, 0.3) is 6.08 Å². The molecule has 2 rings (SSSR count). The molecule has 0 fully saturated rings. The summed E-state index contributed by atoms with van der Waals surface area (Å²) in [5.74, 6) is -0.642. The Bertz CT molecular complexity index is 679. The third-order valence-electron chi connectivity index (χ3n) is 2.48. The second-order valence-electron chi connectivity index (χ2n) is 4.01. The number of amides is 1. The maximum Gasteiger partial charge on any atom is 0.418 e. The Morgan fingerprint density at radius 3 is 2.52 bits per heavy atom. The van der Waals surface area contributed by atoms with Gasteiger partial charge in [0.25, 0.3) is 0 Å². The first-order valence-corrected chi connectivity index (χ1v) is 6.96. The predicted molar refractivity (Wildman–Crippen MR) is 78.4 cm³/mol. The molecule has 0 radical (unpaired) electrons. The summed E-state index contributed by atoms with van der Waals surface area (Å²) in [6.07, 6.45) is -1.87. The number of carbonyl (C=O) groups is 1. The molecule has 0 saturated heterocycles. The van der Waals surface area contributed by atoms with E-state index < -0.39 is 17.6 Å². The van der Waals surface area contributed by atoms with Crippen molar-refractivity contribution in [3.8, 4) is 0 Å². The standard InChI is InChI=1S/C14H9ClF3NOS/c15-12-7-5-9(21-12)6-8-13(20)19-11-4-2-1-3-10(11)14(16,17)18/h1-8H,(H,19,20). The minimum Gasteiger partial charge on any atom is -0.322 e. The molecule has 1 heterocycles. The van der Waals surface area contributed by atoms with Gasteiger partial charge in [-0.25, -0.2) is 0 Å². The van der Waals surface area contributed by atoms with E-state index in [0.717, 1.165) is 17.0 Å². The van der Waals surface area contributed by atoms with Gasteiger partial charge in [0, 0.05) is 11.0 Å². The molecule has 0 aliphatic rings. The lowest BCUT2D eigenvalue weighted by molar-refractivity contribution is -0.136. The fourth-order valence-corrected chi connectivity index (χ4v) is 2.55. The minimum absolute atomic E-state index is 0.274. The number of alkyl halides is 3. The Hall–Kier alpha value is -1.79. The van der Waals surface area contributed by atoms with E-state index in [1.165, 1.54) is 35.6 Å². The first-order valence-electron chi connectivity index (χ1n) is 5.77. The highest BCUT2D eigenvalue weighted by molar-refractivity contribution is 7.17. The molecule has 1 amide bonds. The molecule has 7 heteroatoms. The first-order chi connectivity index (χ1) is 9.86. The second-order valence-corrected chi connectivity index (χ2v) is 5.75. The Morgan fingerprint density at radius 2 is 1.90 bits per heavy atom. The molecule has 0 aliphatic heterocycles. The summed E-state index contributed by atoms with van der Waals surface area (Å²) in [6, 6.07) is 8.19. The zero-order valence-corrected chi connectivity index (χ0v) is 12.0. The third-order valence-corrected chi connectivity index (χ3v) is 3.68. The fraction of sp³-hybridized carbons (Fsp3) is 0.0714. The summed E-state index contributed by atoms with van der Waals surface area (Å²) in [5.41, 5.74) is -1.16. The van der Waals surface area contributed by atoms with Crippen molar-refractivity contribution in [1.29, 1.82) is 0 Å². The number of anilines is 1. The monoisotopic (exact) mass is 331 g/mol. The molecule has 2 aromatic rings. The van der Waals surface area contributed by atoms with Crippen molar-refractivity contribution < 1.29 is 18.0 Å². The Morgan fingerprint density at radius 1 is 1.19 bits per heavy atom. The lowest BCUT2D eigenvalue weighted by atomic mass is 10.1. The van der Waals surface area contributed by atoms with Gasteiger partial charge in [-0.3, -0.25) is 4.79 Å². The van der Waals surface area contributed by atoms with Crippen LogP contribution in [0.3, 0.4) is 0 Å². The van der Waals surface area contributed by atoms with Gasteiger partial charge in [0.05, 0.1) is 15.6 Å². The number of rotatable bonds is 3. The van der Waals surface area contributed by atoms with Crippen molar-refractivity contribution >= 4 is 40.6 Å². The van der Waals surface area contributed by atoms with Crippen LogP contribution in [0.1, 0.15) is 10.4 Å². The average molecular weight is 332 g/mol. The van der Waals surface area contributed by atoms with Crippen LogP contribution in [0.4, 0.5) is 18.9 Å². The van der Waals surface area contributed by atoms with Crippen LogP contribution in [0.5, 0.6) is 0 Å². The SMILES string of the molecule is O=C(C=Cc1ccc(Cl)s1)Nc1ccccc1C(F)(F)F. The average Bonchev–Trinajstić information content (AvgIpc) is 2.82. The molecule has 0 bridgehead atoms. The van der Waals surface area contributed by atoms with Crippen molar-refractivity contribution in [2.75, 3.05) is 5.32 Å². The van der Waals surface area contributed by atoms with Crippen LogP contribution >= 0.6 is 22.9 Å². The van der Waals surface area contributed by atoms with E-state index in [2.05, 4.69) is 5.32 Å². The Labute approximate surface area is 127 Å². The smallest absolute Gasteiger partial charge is 0.322 e. The number of nitrogens with one attached hydrogen (secondary N) is 1. The van der Waals surface area contributed by atoms with Gasteiger partial charge in [-0.15, -0.1) is 11.3 Å². The number of hydrogen-bond acceptors (Lipinski definition) is 2. The van der Waals surface area contributed by atoms with Crippen LogP contribution in [-0.2, 0) is 11.0 Å². The molecule has 1 aromatic heterocycles. The summed E-state index contributed by atoms with van der Waals surface area (Å²) in [6.45, 7) is 0. The molecule has 2 nitrogen and oxygen atoms in total. The van der Waals surface area contributed by atoms with Gasteiger partial charge in [0.1, 0.15) is 0 Å².